The van der Waals surface area contributed by atoms with Gasteiger partial charge in [0, 0.05) is 13.5 Å². The van der Waals surface area contributed by atoms with Crippen LogP contribution in [0.15, 0.2) is 0 Å². The number of amides is 1. The smallest absolute Gasteiger partial charge is 0.310 e. The van der Waals surface area contributed by atoms with Crippen LogP contribution in [0.5, 0.6) is 0 Å². The molecule has 0 heterocycles. The minimum atomic E-state index is -0.885. The molecule has 20 heavy (non-hydrogen) atoms. The topological polar surface area (TPSA) is 75.6 Å². The van der Waals surface area contributed by atoms with Crippen molar-refractivity contribution in [3.05, 3.63) is 0 Å². The summed E-state index contributed by atoms with van der Waals surface area (Å²) in [6.07, 6.45) is 5.16. The third-order valence-electron chi connectivity index (χ3n) is 4.00. The maximum Gasteiger partial charge on any atom is 0.310 e. The molecule has 0 radical (unpaired) electrons. The fourth-order valence-corrected chi connectivity index (χ4v) is 3.00. The zero-order chi connectivity index (χ0) is 15.2. The number of nitrogens with one attached hydrogen (secondary N) is 1. The molecule has 116 valence electrons. The van der Waals surface area contributed by atoms with Gasteiger partial charge in [-0.2, -0.15) is 0 Å². The molecule has 0 spiro atoms. The minimum absolute atomic E-state index is 0.0650. The predicted molar refractivity (Wildman–Crippen MR) is 76.5 cm³/mol. The molecule has 1 rings (SSSR count). The van der Waals surface area contributed by atoms with Gasteiger partial charge in [-0.15, -0.1) is 0 Å². The van der Waals surface area contributed by atoms with Crippen molar-refractivity contribution in [2.24, 2.45) is 5.41 Å². The van der Waals surface area contributed by atoms with E-state index in [4.69, 9.17) is 4.74 Å². The average molecular weight is 285 g/mol. The first-order valence-corrected chi connectivity index (χ1v) is 7.35. The Morgan fingerprint density at radius 2 is 1.75 bits per heavy atom. The fraction of sp³-hybridized carbons (Fsp3) is 0.867. The van der Waals surface area contributed by atoms with E-state index in [9.17, 15) is 14.7 Å². The summed E-state index contributed by atoms with van der Waals surface area (Å²) < 4.78 is 5.06. The second kappa shape index (κ2) is 7.07. The lowest BCUT2D eigenvalue weighted by atomic mass is 9.77. The highest BCUT2D eigenvalue weighted by Crippen LogP contribution is 2.38. The van der Waals surface area contributed by atoms with E-state index >= 15 is 0 Å². The van der Waals surface area contributed by atoms with Crippen molar-refractivity contribution in [3.8, 4) is 0 Å². The molecule has 2 N–H and O–H groups in total. The molecule has 0 atom stereocenters. The van der Waals surface area contributed by atoms with Gasteiger partial charge in [0.25, 0.3) is 0 Å². The Bertz CT molecular complexity index is 344. The van der Waals surface area contributed by atoms with Crippen LogP contribution in [0.2, 0.25) is 0 Å². The summed E-state index contributed by atoms with van der Waals surface area (Å²) in [5, 5.41) is 12.4. The molecular weight excluding hydrogens is 258 g/mol. The lowest BCUT2D eigenvalue weighted by Crippen LogP contribution is -2.49. The van der Waals surface area contributed by atoms with Crippen LogP contribution in [0.3, 0.4) is 0 Å². The van der Waals surface area contributed by atoms with Crippen LogP contribution in [0.25, 0.3) is 0 Å². The summed E-state index contributed by atoms with van der Waals surface area (Å²) in [5.74, 6) is -1.03. The Balaban J connectivity index is 2.70. The van der Waals surface area contributed by atoms with Crippen molar-refractivity contribution < 1.29 is 19.4 Å². The molecule has 1 aliphatic carbocycles. The fourth-order valence-electron chi connectivity index (χ4n) is 3.00. The molecule has 5 heteroatoms. The molecule has 1 amide bonds. The summed E-state index contributed by atoms with van der Waals surface area (Å²) in [6, 6.07) is 0. The van der Waals surface area contributed by atoms with E-state index in [1.165, 1.54) is 0 Å². The van der Waals surface area contributed by atoms with E-state index in [0.29, 0.717) is 19.4 Å². The highest BCUT2D eigenvalue weighted by Gasteiger charge is 2.41. The van der Waals surface area contributed by atoms with Gasteiger partial charge in [-0.05, 0) is 26.7 Å². The number of hydrogen-bond acceptors (Lipinski definition) is 3. The van der Waals surface area contributed by atoms with Crippen LogP contribution in [0.4, 0.5) is 0 Å². The first kappa shape index (κ1) is 17.0. The lowest BCUT2D eigenvalue weighted by molar-refractivity contribution is -0.153. The largest absolute Gasteiger partial charge is 0.481 e. The standard InChI is InChI=1S/C15H27NO4/c1-14(2,11-20-3)16-12(17)10-15(13(18)19)8-6-4-5-7-9-15/h4-11H2,1-3H3,(H,16,17)(H,18,19). The number of carboxylic acid groups (broad SMARTS) is 1. The Labute approximate surface area is 121 Å². The van der Waals surface area contributed by atoms with Crippen molar-refractivity contribution in [1.29, 1.82) is 0 Å². The highest BCUT2D eigenvalue weighted by molar-refractivity contribution is 5.85. The van der Waals surface area contributed by atoms with Crippen molar-refractivity contribution in [2.45, 2.75) is 64.3 Å². The van der Waals surface area contributed by atoms with Gasteiger partial charge < -0.3 is 15.2 Å². The second-order valence-corrected chi connectivity index (χ2v) is 6.54. The van der Waals surface area contributed by atoms with Gasteiger partial charge in [-0.1, -0.05) is 25.7 Å². The van der Waals surface area contributed by atoms with Gasteiger partial charge in [-0.25, -0.2) is 0 Å². The molecule has 1 aliphatic rings. The van der Waals surface area contributed by atoms with Crippen molar-refractivity contribution in [3.63, 3.8) is 0 Å². The first-order chi connectivity index (χ1) is 9.31. The van der Waals surface area contributed by atoms with Gasteiger partial charge in [0.1, 0.15) is 0 Å². The van der Waals surface area contributed by atoms with E-state index in [2.05, 4.69) is 5.32 Å². The van der Waals surface area contributed by atoms with Crippen LogP contribution in [-0.2, 0) is 14.3 Å². The average Bonchev–Trinajstić information content (AvgIpc) is 2.54. The SMILES string of the molecule is COCC(C)(C)NC(=O)CC1(C(=O)O)CCCCCC1. The van der Waals surface area contributed by atoms with Gasteiger partial charge in [-0.3, -0.25) is 9.59 Å². The predicted octanol–water partition coefficient (Wildman–Crippen LogP) is 2.34. The Morgan fingerprint density at radius 3 is 2.20 bits per heavy atom. The third kappa shape index (κ3) is 4.78. The quantitative estimate of drug-likeness (QED) is 0.734. The van der Waals surface area contributed by atoms with Gasteiger partial charge >= 0.3 is 5.97 Å². The molecular formula is C15H27NO4. The van der Waals surface area contributed by atoms with Crippen LogP contribution in [0, 0.1) is 5.41 Å². The van der Waals surface area contributed by atoms with E-state index in [1.54, 1.807) is 7.11 Å². The highest BCUT2D eigenvalue weighted by atomic mass is 16.5. The molecule has 5 nitrogen and oxygen atoms in total. The molecule has 0 unspecified atom stereocenters. The lowest BCUT2D eigenvalue weighted by Gasteiger charge is -2.31. The van der Waals surface area contributed by atoms with Crippen LogP contribution in [0.1, 0.15) is 58.8 Å². The Morgan fingerprint density at radius 1 is 1.20 bits per heavy atom. The zero-order valence-corrected chi connectivity index (χ0v) is 12.8. The number of ether oxygens (including phenoxy) is 1. The molecule has 1 fully saturated rings. The second-order valence-electron chi connectivity index (χ2n) is 6.54. The van der Waals surface area contributed by atoms with E-state index in [1.807, 2.05) is 13.8 Å². The van der Waals surface area contributed by atoms with Gasteiger partial charge in [0.05, 0.1) is 17.6 Å². The number of methoxy groups -OCH3 is 1. The normalized spacial score (nSPS) is 19.1. The van der Waals surface area contributed by atoms with Crippen molar-refractivity contribution in [2.75, 3.05) is 13.7 Å². The number of carbonyl (C=O) groups is 2. The zero-order valence-electron chi connectivity index (χ0n) is 12.8. The van der Waals surface area contributed by atoms with Crippen LogP contribution in [-0.4, -0.2) is 36.2 Å². The number of rotatable bonds is 6. The number of carbonyl (C=O) groups excluding carboxylic acids is 1. The van der Waals surface area contributed by atoms with E-state index < -0.39 is 16.9 Å². The Hall–Kier alpha value is -1.10. The van der Waals surface area contributed by atoms with E-state index in [-0.39, 0.29) is 12.3 Å². The molecule has 0 aromatic rings. The van der Waals surface area contributed by atoms with Gasteiger partial charge in [0.15, 0.2) is 0 Å². The summed E-state index contributed by atoms with van der Waals surface area (Å²) in [5.41, 5.74) is -1.36. The molecule has 0 bridgehead atoms. The Kier molecular flexibility index (Phi) is 5.99. The maximum absolute atomic E-state index is 12.2. The van der Waals surface area contributed by atoms with Crippen LogP contribution >= 0.6 is 0 Å². The van der Waals surface area contributed by atoms with Gasteiger partial charge in [0.2, 0.25) is 5.91 Å². The summed E-state index contributed by atoms with van der Waals surface area (Å²) in [7, 11) is 1.58. The molecule has 0 aliphatic heterocycles. The van der Waals surface area contributed by atoms with E-state index in [0.717, 1.165) is 25.7 Å². The van der Waals surface area contributed by atoms with Crippen molar-refractivity contribution >= 4 is 11.9 Å². The number of hydrogen-bond donors (Lipinski definition) is 2. The molecule has 0 aromatic carbocycles. The first-order valence-electron chi connectivity index (χ1n) is 7.35. The monoisotopic (exact) mass is 285 g/mol. The third-order valence-corrected chi connectivity index (χ3v) is 4.00. The maximum atomic E-state index is 12.2. The summed E-state index contributed by atoms with van der Waals surface area (Å²) in [4.78, 5) is 23.8. The van der Waals surface area contributed by atoms with Crippen LogP contribution < -0.4 is 5.32 Å². The number of aliphatic carboxylic acids is 1. The van der Waals surface area contributed by atoms with Crippen molar-refractivity contribution in [1.82, 2.24) is 5.32 Å². The minimum Gasteiger partial charge on any atom is -0.481 e. The molecule has 0 saturated heterocycles. The molecule has 0 aromatic heterocycles. The number of carboxylic acids is 1. The summed E-state index contributed by atoms with van der Waals surface area (Å²) in [6.45, 7) is 4.14. The summed E-state index contributed by atoms with van der Waals surface area (Å²) >= 11 is 0. The molecule has 1 saturated carbocycles.